The van der Waals surface area contributed by atoms with Gasteiger partial charge >= 0.3 is 0 Å². The number of hydrogen-bond donors (Lipinski definition) is 1. The van der Waals surface area contributed by atoms with Crippen molar-refractivity contribution < 1.29 is 17.9 Å². The van der Waals surface area contributed by atoms with Crippen molar-refractivity contribution in [2.24, 2.45) is 5.73 Å². The fraction of sp³-hybridized carbons (Fsp3) is 0.417. The van der Waals surface area contributed by atoms with Crippen LogP contribution in [0.3, 0.4) is 0 Å². The van der Waals surface area contributed by atoms with Gasteiger partial charge in [0.2, 0.25) is 10.0 Å². The lowest BCUT2D eigenvalue weighted by Gasteiger charge is -2.20. The third-order valence-electron chi connectivity index (χ3n) is 3.12. The minimum absolute atomic E-state index is 0.0569. The van der Waals surface area contributed by atoms with Crippen LogP contribution in [0.25, 0.3) is 0 Å². The third kappa shape index (κ3) is 2.63. The summed E-state index contributed by atoms with van der Waals surface area (Å²) < 4.78 is 31.5. The molecule has 2 N–H and O–H groups in total. The van der Waals surface area contributed by atoms with E-state index < -0.39 is 15.9 Å². The molecule has 1 heterocycles. The number of methoxy groups -OCH3 is 1. The van der Waals surface area contributed by atoms with E-state index in [4.69, 9.17) is 10.5 Å². The number of ether oxygens (including phenoxy) is 1. The Labute approximate surface area is 122 Å². The molecule has 1 aromatic rings. The third-order valence-corrected chi connectivity index (χ3v) is 6.37. The van der Waals surface area contributed by atoms with Crippen molar-refractivity contribution in [1.82, 2.24) is 4.31 Å². The molecule has 0 saturated carbocycles. The maximum atomic E-state index is 12.5. The van der Waals surface area contributed by atoms with Gasteiger partial charge in [0.15, 0.2) is 0 Å². The number of carbonyl (C=O) groups excluding carboxylic acids is 1. The predicted molar refractivity (Wildman–Crippen MR) is 77.3 cm³/mol. The Hall–Kier alpha value is -1.25. The Bertz CT molecular complexity index is 630. The van der Waals surface area contributed by atoms with E-state index >= 15 is 0 Å². The van der Waals surface area contributed by atoms with Gasteiger partial charge in [-0.3, -0.25) is 4.79 Å². The summed E-state index contributed by atoms with van der Waals surface area (Å²) in [6.07, 6.45) is 0. The van der Waals surface area contributed by atoms with Crippen molar-refractivity contribution in [3.05, 3.63) is 23.8 Å². The molecule has 6 nitrogen and oxygen atoms in total. The molecule has 0 spiro atoms. The van der Waals surface area contributed by atoms with Crippen LogP contribution in [0.4, 0.5) is 0 Å². The molecule has 1 aliphatic heterocycles. The number of primary amides is 1. The number of hydrogen-bond acceptors (Lipinski definition) is 5. The van der Waals surface area contributed by atoms with E-state index in [-0.39, 0.29) is 21.6 Å². The van der Waals surface area contributed by atoms with Crippen LogP contribution in [0.2, 0.25) is 0 Å². The standard InChI is InChI=1S/C12H16N2O4S2/c1-8-14(5-6-19-8)20(16,17)9-3-4-11(18-2)10(7-9)12(13)15/h3-4,7-8H,5-6H2,1-2H3,(H2,13,15). The van der Waals surface area contributed by atoms with Crippen LogP contribution in [0.1, 0.15) is 17.3 Å². The summed E-state index contributed by atoms with van der Waals surface area (Å²) >= 11 is 1.58. The quantitative estimate of drug-likeness (QED) is 0.890. The number of benzene rings is 1. The van der Waals surface area contributed by atoms with Crippen molar-refractivity contribution >= 4 is 27.7 Å². The minimum atomic E-state index is -3.62. The molecule has 1 aliphatic rings. The van der Waals surface area contributed by atoms with Crippen LogP contribution in [0.5, 0.6) is 5.75 Å². The maximum Gasteiger partial charge on any atom is 0.252 e. The topological polar surface area (TPSA) is 89.7 Å². The van der Waals surface area contributed by atoms with Gasteiger partial charge in [-0.15, -0.1) is 11.8 Å². The van der Waals surface area contributed by atoms with Crippen LogP contribution < -0.4 is 10.5 Å². The van der Waals surface area contributed by atoms with E-state index in [2.05, 4.69) is 0 Å². The van der Waals surface area contributed by atoms with Crippen molar-refractivity contribution in [3.8, 4) is 5.75 Å². The number of sulfonamides is 1. The van der Waals surface area contributed by atoms with Crippen LogP contribution >= 0.6 is 11.8 Å². The van der Waals surface area contributed by atoms with Crippen molar-refractivity contribution in [1.29, 1.82) is 0 Å². The maximum absolute atomic E-state index is 12.5. The lowest BCUT2D eigenvalue weighted by Crippen LogP contribution is -2.33. The summed E-state index contributed by atoms with van der Waals surface area (Å²) in [5.74, 6) is 0.308. The molecule has 2 rings (SSSR count). The molecule has 0 bridgehead atoms. The molecular formula is C12H16N2O4S2. The van der Waals surface area contributed by atoms with E-state index in [9.17, 15) is 13.2 Å². The lowest BCUT2D eigenvalue weighted by atomic mass is 10.2. The number of nitrogens with two attached hydrogens (primary N) is 1. The average Bonchev–Trinajstić information content (AvgIpc) is 2.84. The highest BCUT2D eigenvalue weighted by atomic mass is 32.2. The SMILES string of the molecule is COc1ccc(S(=O)(=O)N2CCSC2C)cc1C(N)=O. The molecule has 1 unspecified atom stereocenters. The molecule has 8 heteroatoms. The fourth-order valence-electron chi connectivity index (χ4n) is 2.07. The van der Waals surface area contributed by atoms with Gasteiger partial charge in [0, 0.05) is 12.3 Å². The lowest BCUT2D eigenvalue weighted by molar-refractivity contribution is 0.0997. The van der Waals surface area contributed by atoms with Crippen LogP contribution in [0.15, 0.2) is 23.1 Å². The van der Waals surface area contributed by atoms with Gasteiger partial charge in [-0.25, -0.2) is 8.42 Å². The zero-order chi connectivity index (χ0) is 14.9. The number of rotatable bonds is 4. The monoisotopic (exact) mass is 316 g/mol. The first-order valence-corrected chi connectivity index (χ1v) is 8.48. The summed E-state index contributed by atoms with van der Waals surface area (Å²) in [5.41, 5.74) is 5.31. The largest absolute Gasteiger partial charge is 0.496 e. The molecule has 1 aromatic carbocycles. The first-order chi connectivity index (χ1) is 9.37. The highest BCUT2D eigenvalue weighted by molar-refractivity contribution is 8.01. The van der Waals surface area contributed by atoms with Gasteiger partial charge in [-0.1, -0.05) is 0 Å². The van der Waals surface area contributed by atoms with Gasteiger partial charge in [0.25, 0.3) is 5.91 Å². The molecule has 0 radical (unpaired) electrons. The second kappa shape index (κ2) is 5.63. The zero-order valence-electron chi connectivity index (χ0n) is 11.2. The van der Waals surface area contributed by atoms with Crippen LogP contribution in [-0.2, 0) is 10.0 Å². The van der Waals surface area contributed by atoms with Gasteiger partial charge in [-0.2, -0.15) is 4.31 Å². The summed E-state index contributed by atoms with van der Waals surface area (Å²) in [6.45, 7) is 2.31. The van der Waals surface area contributed by atoms with E-state index in [1.807, 2.05) is 6.92 Å². The molecule has 1 saturated heterocycles. The zero-order valence-corrected chi connectivity index (χ0v) is 12.8. The smallest absolute Gasteiger partial charge is 0.252 e. The molecule has 1 atom stereocenters. The highest BCUT2D eigenvalue weighted by Crippen LogP contribution is 2.31. The number of amides is 1. The Morgan fingerprint density at radius 2 is 2.20 bits per heavy atom. The van der Waals surface area contributed by atoms with Crippen molar-refractivity contribution in [2.75, 3.05) is 19.4 Å². The average molecular weight is 316 g/mol. The Morgan fingerprint density at radius 3 is 2.70 bits per heavy atom. The Balaban J connectivity index is 2.47. The Kier molecular flexibility index (Phi) is 4.26. The van der Waals surface area contributed by atoms with E-state index in [1.165, 1.54) is 29.6 Å². The fourth-order valence-corrected chi connectivity index (χ4v) is 5.12. The van der Waals surface area contributed by atoms with Gasteiger partial charge < -0.3 is 10.5 Å². The normalized spacial score (nSPS) is 20.0. The van der Waals surface area contributed by atoms with Crippen LogP contribution in [0, 0.1) is 0 Å². The number of thioether (sulfide) groups is 1. The molecule has 1 fully saturated rings. The molecule has 110 valence electrons. The molecule has 1 amide bonds. The van der Waals surface area contributed by atoms with Crippen molar-refractivity contribution in [2.45, 2.75) is 17.2 Å². The van der Waals surface area contributed by atoms with E-state index in [1.54, 1.807) is 11.8 Å². The molecule has 0 aliphatic carbocycles. The number of nitrogens with zero attached hydrogens (tertiary/aromatic N) is 1. The van der Waals surface area contributed by atoms with E-state index in [0.29, 0.717) is 6.54 Å². The highest BCUT2D eigenvalue weighted by Gasteiger charge is 2.33. The van der Waals surface area contributed by atoms with Crippen molar-refractivity contribution in [3.63, 3.8) is 0 Å². The number of carbonyl (C=O) groups is 1. The first kappa shape index (κ1) is 15.1. The second-order valence-electron chi connectivity index (χ2n) is 4.31. The minimum Gasteiger partial charge on any atom is -0.496 e. The molecule has 20 heavy (non-hydrogen) atoms. The molecular weight excluding hydrogens is 300 g/mol. The first-order valence-electron chi connectivity index (χ1n) is 5.99. The second-order valence-corrected chi connectivity index (χ2v) is 7.63. The Morgan fingerprint density at radius 1 is 1.50 bits per heavy atom. The summed E-state index contributed by atoms with van der Waals surface area (Å²) in [5, 5.41) is -0.112. The van der Waals surface area contributed by atoms with E-state index in [0.717, 1.165) is 5.75 Å². The van der Waals surface area contributed by atoms with Gasteiger partial charge in [-0.05, 0) is 25.1 Å². The van der Waals surface area contributed by atoms with Gasteiger partial charge in [0.05, 0.1) is 22.9 Å². The summed E-state index contributed by atoms with van der Waals surface area (Å²) in [7, 11) is -2.22. The van der Waals surface area contributed by atoms with Gasteiger partial charge in [0.1, 0.15) is 5.75 Å². The predicted octanol–water partition coefficient (Wildman–Crippen LogP) is 0.878. The summed E-state index contributed by atoms with van der Waals surface area (Å²) in [4.78, 5) is 11.4. The van der Waals surface area contributed by atoms with Crippen LogP contribution in [-0.4, -0.2) is 43.4 Å². The summed E-state index contributed by atoms with van der Waals surface area (Å²) in [6, 6.07) is 4.14. The molecule has 0 aromatic heterocycles.